The number of carbonyl (C=O) groups is 1. The fraction of sp³-hybridized carbons (Fsp3) is 0.533. The summed E-state index contributed by atoms with van der Waals surface area (Å²) >= 11 is 23.0. The zero-order valence-electron chi connectivity index (χ0n) is 13.4. The number of rotatable bonds is 6. The van der Waals surface area contributed by atoms with Crippen LogP contribution in [-0.4, -0.2) is 15.1 Å². The summed E-state index contributed by atoms with van der Waals surface area (Å²) in [5.41, 5.74) is -2.20. The van der Waals surface area contributed by atoms with Crippen molar-refractivity contribution in [3.8, 4) is 0 Å². The van der Waals surface area contributed by atoms with Crippen molar-refractivity contribution in [3.63, 3.8) is 0 Å². The van der Waals surface area contributed by atoms with Crippen LogP contribution >= 0.6 is 46.4 Å². The molecule has 0 saturated carbocycles. The van der Waals surface area contributed by atoms with E-state index in [1.54, 1.807) is 13.8 Å². The van der Waals surface area contributed by atoms with E-state index in [9.17, 15) is 26.7 Å². The molecule has 0 saturated heterocycles. The van der Waals surface area contributed by atoms with Gasteiger partial charge in [0.2, 0.25) is 5.82 Å². The third-order valence-corrected chi connectivity index (χ3v) is 4.74. The van der Waals surface area contributed by atoms with E-state index in [1.165, 1.54) is 0 Å². The summed E-state index contributed by atoms with van der Waals surface area (Å²) in [6.45, 7) is 1.97. The van der Waals surface area contributed by atoms with Crippen molar-refractivity contribution in [2.24, 2.45) is 5.41 Å². The number of hydrogen-bond donors (Lipinski definition) is 0. The molecule has 26 heavy (non-hydrogen) atoms. The van der Waals surface area contributed by atoms with E-state index >= 15 is 0 Å². The summed E-state index contributed by atoms with van der Waals surface area (Å²) in [4.78, 5) is 11.9. The van der Waals surface area contributed by atoms with Gasteiger partial charge in [-0.1, -0.05) is 48.7 Å². The van der Waals surface area contributed by atoms with E-state index in [0.717, 1.165) is 0 Å². The lowest BCUT2D eigenvalue weighted by molar-refractivity contribution is -0.147. The standard InChI is InChI=1S/C15H13Cl4F5O2/c1-14(2,7(16)3-15(17,18)19)4-8(25)26-5-6-9(20)11(22)13(24)12(23)10(6)21/h7H,3-5H2,1-2H3. The molecule has 0 fully saturated rings. The predicted molar refractivity (Wildman–Crippen MR) is 89.0 cm³/mol. The van der Waals surface area contributed by atoms with Gasteiger partial charge in [0, 0.05) is 11.8 Å². The molecule has 0 aliphatic carbocycles. The van der Waals surface area contributed by atoms with Gasteiger partial charge in [0.1, 0.15) is 6.61 Å². The zero-order valence-corrected chi connectivity index (χ0v) is 16.4. The Labute approximate surface area is 166 Å². The molecule has 2 nitrogen and oxygen atoms in total. The number of carbonyl (C=O) groups excluding carboxylic acids is 1. The molecule has 1 atom stereocenters. The highest BCUT2D eigenvalue weighted by molar-refractivity contribution is 6.67. The molecular weight excluding hydrogens is 449 g/mol. The third kappa shape index (κ3) is 6.01. The summed E-state index contributed by atoms with van der Waals surface area (Å²) < 4.78 is 69.2. The van der Waals surface area contributed by atoms with Crippen molar-refractivity contribution >= 4 is 52.4 Å². The summed E-state index contributed by atoms with van der Waals surface area (Å²) in [6, 6.07) is 0. The minimum Gasteiger partial charge on any atom is -0.461 e. The monoisotopic (exact) mass is 460 g/mol. The summed E-state index contributed by atoms with van der Waals surface area (Å²) in [5, 5.41) is -0.781. The van der Waals surface area contributed by atoms with Crippen LogP contribution in [0.5, 0.6) is 0 Å². The molecule has 1 rings (SSSR count). The van der Waals surface area contributed by atoms with Crippen LogP contribution in [0, 0.1) is 34.5 Å². The average molecular weight is 462 g/mol. The molecular formula is C15H13Cl4F5O2. The number of alkyl halides is 4. The largest absolute Gasteiger partial charge is 0.461 e. The lowest BCUT2D eigenvalue weighted by Gasteiger charge is -2.31. The van der Waals surface area contributed by atoms with Crippen molar-refractivity contribution < 1.29 is 31.5 Å². The Hall–Kier alpha value is -0.500. The van der Waals surface area contributed by atoms with Gasteiger partial charge < -0.3 is 4.74 Å². The first-order chi connectivity index (χ1) is 11.7. The summed E-state index contributed by atoms with van der Waals surface area (Å²) in [6.07, 6.45) is -0.450. The van der Waals surface area contributed by atoms with Gasteiger partial charge in [-0.25, -0.2) is 22.0 Å². The molecule has 0 bridgehead atoms. The maximum absolute atomic E-state index is 13.5. The summed E-state index contributed by atoms with van der Waals surface area (Å²) in [7, 11) is 0. The highest BCUT2D eigenvalue weighted by Gasteiger charge is 2.37. The Morgan fingerprint density at radius 1 is 0.962 bits per heavy atom. The second-order valence-electron chi connectivity index (χ2n) is 6.16. The Bertz CT molecular complexity index is 663. The van der Waals surface area contributed by atoms with E-state index < -0.39 is 61.8 Å². The van der Waals surface area contributed by atoms with Crippen LogP contribution in [0.15, 0.2) is 0 Å². The highest BCUT2D eigenvalue weighted by atomic mass is 35.6. The zero-order chi connectivity index (χ0) is 20.4. The van der Waals surface area contributed by atoms with Crippen LogP contribution in [0.3, 0.4) is 0 Å². The molecule has 0 N–H and O–H groups in total. The Morgan fingerprint density at radius 2 is 1.38 bits per heavy atom. The number of ether oxygens (including phenoxy) is 1. The van der Waals surface area contributed by atoms with Crippen molar-refractivity contribution in [1.82, 2.24) is 0 Å². The minimum atomic E-state index is -2.30. The quantitative estimate of drug-likeness (QED) is 0.165. The van der Waals surface area contributed by atoms with Gasteiger partial charge in [0.25, 0.3) is 0 Å². The molecule has 1 aromatic carbocycles. The second-order valence-corrected chi connectivity index (χ2v) is 9.20. The first-order valence-corrected chi connectivity index (χ1v) is 8.61. The molecule has 148 valence electrons. The third-order valence-electron chi connectivity index (χ3n) is 3.54. The Kier molecular flexibility index (Phi) is 7.85. The van der Waals surface area contributed by atoms with Crippen LogP contribution < -0.4 is 0 Å². The van der Waals surface area contributed by atoms with Gasteiger partial charge >= 0.3 is 5.97 Å². The van der Waals surface area contributed by atoms with Gasteiger partial charge in [-0.15, -0.1) is 11.6 Å². The predicted octanol–water partition coefficient (Wildman–Crippen LogP) is 6.21. The fourth-order valence-electron chi connectivity index (χ4n) is 1.94. The molecule has 0 aliphatic heterocycles. The molecule has 11 heteroatoms. The minimum absolute atomic E-state index is 0.100. The van der Waals surface area contributed by atoms with Crippen molar-refractivity contribution in [1.29, 1.82) is 0 Å². The Balaban J connectivity index is 2.82. The summed E-state index contributed by atoms with van der Waals surface area (Å²) in [5.74, 6) is -11.7. The molecule has 0 radical (unpaired) electrons. The smallest absolute Gasteiger partial charge is 0.306 e. The number of hydrogen-bond acceptors (Lipinski definition) is 2. The van der Waals surface area contributed by atoms with Crippen molar-refractivity contribution in [3.05, 3.63) is 34.6 Å². The molecule has 0 spiro atoms. The van der Waals surface area contributed by atoms with Crippen LogP contribution in [0.4, 0.5) is 22.0 Å². The van der Waals surface area contributed by atoms with Gasteiger partial charge in [0.15, 0.2) is 27.1 Å². The molecule has 1 aromatic rings. The van der Waals surface area contributed by atoms with Crippen LogP contribution in [0.1, 0.15) is 32.3 Å². The maximum Gasteiger partial charge on any atom is 0.306 e. The van der Waals surface area contributed by atoms with E-state index in [1.807, 2.05) is 0 Å². The molecule has 0 aromatic heterocycles. The van der Waals surface area contributed by atoms with E-state index in [0.29, 0.717) is 0 Å². The number of benzene rings is 1. The lowest BCUT2D eigenvalue weighted by atomic mass is 9.84. The average Bonchev–Trinajstić information content (AvgIpc) is 2.48. The number of esters is 1. The van der Waals surface area contributed by atoms with Gasteiger partial charge in [-0.3, -0.25) is 4.79 Å². The van der Waals surface area contributed by atoms with E-state index in [-0.39, 0.29) is 12.8 Å². The normalized spacial score (nSPS) is 13.7. The van der Waals surface area contributed by atoms with Gasteiger partial charge in [-0.05, 0) is 5.41 Å². The van der Waals surface area contributed by atoms with Gasteiger partial charge in [0.05, 0.1) is 12.0 Å². The maximum atomic E-state index is 13.5. The molecule has 0 heterocycles. The van der Waals surface area contributed by atoms with Crippen LogP contribution in [-0.2, 0) is 16.1 Å². The fourth-order valence-corrected chi connectivity index (χ4v) is 2.95. The van der Waals surface area contributed by atoms with Crippen LogP contribution in [0.25, 0.3) is 0 Å². The van der Waals surface area contributed by atoms with Gasteiger partial charge in [-0.2, -0.15) is 0 Å². The topological polar surface area (TPSA) is 26.3 Å². The Morgan fingerprint density at radius 3 is 1.81 bits per heavy atom. The number of halogens is 9. The molecule has 0 amide bonds. The first kappa shape index (κ1) is 23.5. The SMILES string of the molecule is CC(C)(CC(=O)OCc1c(F)c(F)c(F)c(F)c1F)C(Cl)CC(Cl)(Cl)Cl. The highest BCUT2D eigenvalue weighted by Crippen LogP contribution is 2.41. The van der Waals surface area contributed by atoms with Crippen LogP contribution in [0.2, 0.25) is 0 Å². The molecule has 1 unspecified atom stereocenters. The second kappa shape index (κ2) is 8.67. The van der Waals surface area contributed by atoms with Crippen molar-refractivity contribution in [2.75, 3.05) is 0 Å². The molecule has 0 aliphatic rings. The van der Waals surface area contributed by atoms with E-state index in [4.69, 9.17) is 46.4 Å². The first-order valence-electron chi connectivity index (χ1n) is 7.04. The van der Waals surface area contributed by atoms with Crippen molar-refractivity contribution in [2.45, 2.75) is 42.5 Å². The lowest BCUT2D eigenvalue weighted by Crippen LogP contribution is -2.31. The van der Waals surface area contributed by atoms with E-state index in [2.05, 4.69) is 4.74 Å².